The minimum atomic E-state index is -0.260. The summed E-state index contributed by atoms with van der Waals surface area (Å²) in [5.74, 6) is 0.561. The molecule has 1 saturated heterocycles. The first-order valence-corrected chi connectivity index (χ1v) is 13.0. The van der Waals surface area contributed by atoms with E-state index in [1.165, 1.54) is 12.7 Å². The van der Waals surface area contributed by atoms with Gasteiger partial charge in [-0.25, -0.2) is 0 Å². The molecule has 1 aliphatic rings. The number of methoxy groups -OCH3 is 1. The van der Waals surface area contributed by atoms with Gasteiger partial charge in [-0.15, -0.1) is 0 Å². The van der Waals surface area contributed by atoms with Gasteiger partial charge in [0.25, 0.3) is 0 Å². The van der Waals surface area contributed by atoms with E-state index in [1.807, 2.05) is 59.5 Å². The van der Waals surface area contributed by atoms with E-state index in [-0.39, 0.29) is 24.6 Å². The topological polar surface area (TPSA) is 79.6 Å². The van der Waals surface area contributed by atoms with Crippen LogP contribution in [0.25, 0.3) is 0 Å². The van der Waals surface area contributed by atoms with Crippen molar-refractivity contribution in [2.75, 3.05) is 23.9 Å². The predicted molar refractivity (Wildman–Crippen MR) is 149 cm³/mol. The summed E-state index contributed by atoms with van der Waals surface area (Å²) in [6.07, 6.45) is 1.78. The van der Waals surface area contributed by atoms with Crippen LogP contribution in [0.5, 0.6) is 0 Å². The third-order valence-corrected chi connectivity index (χ3v) is 7.18. The molecule has 2 N–H and O–H groups in total. The minimum Gasteiger partial charge on any atom is -0.452 e. The SMILES string of the molecule is COCC(=O)Nc1ccc(N2C(=S)NC(c3ccccn3)C2c2ccc(Sc3ccc(C)cc3)o2)cc1. The van der Waals surface area contributed by atoms with Crippen LogP contribution in [0.1, 0.15) is 29.1 Å². The molecule has 5 rings (SSSR count). The quantitative estimate of drug-likeness (QED) is 0.273. The van der Waals surface area contributed by atoms with Gasteiger partial charge >= 0.3 is 0 Å². The number of furan rings is 1. The Balaban J connectivity index is 1.46. The summed E-state index contributed by atoms with van der Waals surface area (Å²) in [5.41, 5.74) is 3.63. The molecule has 1 amide bonds. The highest BCUT2D eigenvalue weighted by Crippen LogP contribution is 2.43. The number of anilines is 2. The lowest BCUT2D eigenvalue weighted by molar-refractivity contribution is -0.119. The zero-order chi connectivity index (χ0) is 25.8. The molecule has 1 fully saturated rings. The number of ether oxygens (including phenoxy) is 1. The summed E-state index contributed by atoms with van der Waals surface area (Å²) in [4.78, 5) is 19.6. The van der Waals surface area contributed by atoms with Crippen LogP contribution in [0.15, 0.2) is 99.5 Å². The lowest BCUT2D eigenvalue weighted by Gasteiger charge is -2.26. The highest BCUT2D eigenvalue weighted by molar-refractivity contribution is 7.99. The molecule has 2 atom stereocenters. The molecular weight excluding hydrogens is 504 g/mol. The third kappa shape index (κ3) is 5.69. The van der Waals surface area contributed by atoms with E-state index in [4.69, 9.17) is 21.4 Å². The van der Waals surface area contributed by atoms with Crippen molar-refractivity contribution >= 4 is 46.4 Å². The van der Waals surface area contributed by atoms with Crippen LogP contribution in [-0.2, 0) is 9.53 Å². The molecule has 0 radical (unpaired) electrons. The maximum Gasteiger partial charge on any atom is 0.250 e. The van der Waals surface area contributed by atoms with Gasteiger partial charge in [0, 0.05) is 29.6 Å². The van der Waals surface area contributed by atoms with Gasteiger partial charge in [0.2, 0.25) is 5.91 Å². The smallest absolute Gasteiger partial charge is 0.250 e. The monoisotopic (exact) mass is 530 g/mol. The Labute approximate surface area is 225 Å². The minimum absolute atomic E-state index is 0.00284. The second-order valence-electron chi connectivity index (χ2n) is 8.60. The second-order valence-corrected chi connectivity index (χ2v) is 10.1. The number of amides is 1. The number of hydrogen-bond acceptors (Lipinski definition) is 6. The van der Waals surface area contributed by atoms with Crippen LogP contribution in [0.2, 0.25) is 0 Å². The number of thiocarbonyl (C=S) groups is 1. The van der Waals surface area contributed by atoms with Crippen molar-refractivity contribution in [2.45, 2.75) is 29.0 Å². The number of nitrogens with one attached hydrogen (secondary N) is 2. The van der Waals surface area contributed by atoms with Crippen molar-refractivity contribution < 1.29 is 13.9 Å². The first-order valence-electron chi connectivity index (χ1n) is 11.8. The summed E-state index contributed by atoms with van der Waals surface area (Å²) >= 11 is 7.37. The molecule has 0 saturated carbocycles. The van der Waals surface area contributed by atoms with Crippen LogP contribution in [0.4, 0.5) is 11.4 Å². The van der Waals surface area contributed by atoms with E-state index in [1.54, 1.807) is 18.0 Å². The molecule has 1 aliphatic heterocycles. The van der Waals surface area contributed by atoms with Crippen molar-refractivity contribution in [3.63, 3.8) is 0 Å². The Kier molecular flexibility index (Phi) is 7.55. The van der Waals surface area contributed by atoms with Gasteiger partial charge in [-0.1, -0.05) is 35.5 Å². The van der Waals surface area contributed by atoms with E-state index in [9.17, 15) is 4.79 Å². The van der Waals surface area contributed by atoms with Crippen molar-refractivity contribution in [3.05, 3.63) is 102 Å². The molecule has 7 nitrogen and oxygen atoms in total. The Morgan fingerprint density at radius 2 is 1.89 bits per heavy atom. The molecule has 37 heavy (non-hydrogen) atoms. The third-order valence-electron chi connectivity index (χ3n) is 5.94. The summed E-state index contributed by atoms with van der Waals surface area (Å²) in [6, 6.07) is 25.3. The Bertz CT molecular complexity index is 1370. The molecule has 2 aromatic carbocycles. The maximum atomic E-state index is 11.9. The zero-order valence-corrected chi connectivity index (χ0v) is 22.0. The van der Waals surface area contributed by atoms with Crippen LogP contribution in [-0.4, -0.2) is 29.7 Å². The van der Waals surface area contributed by atoms with Crippen molar-refractivity contribution in [1.82, 2.24) is 10.3 Å². The number of benzene rings is 2. The molecule has 3 heterocycles. The number of carbonyl (C=O) groups excluding carboxylic acids is 1. The summed E-state index contributed by atoms with van der Waals surface area (Å²) in [6.45, 7) is 2.07. The highest BCUT2D eigenvalue weighted by Gasteiger charge is 2.42. The molecule has 9 heteroatoms. The summed E-state index contributed by atoms with van der Waals surface area (Å²) in [5, 5.41) is 7.62. The molecule has 2 aromatic heterocycles. The van der Waals surface area contributed by atoms with Crippen LogP contribution in [0, 0.1) is 6.92 Å². The first-order chi connectivity index (χ1) is 18.0. The van der Waals surface area contributed by atoms with Gasteiger partial charge in [0.15, 0.2) is 10.2 Å². The number of nitrogens with zero attached hydrogens (tertiary/aromatic N) is 2. The average molecular weight is 531 g/mol. The van der Waals surface area contributed by atoms with Gasteiger partial charge in [-0.2, -0.15) is 0 Å². The number of aromatic nitrogens is 1. The molecule has 2 unspecified atom stereocenters. The standard InChI is InChI=1S/C28H26N4O3S2/c1-18-6-12-21(13-7-18)37-25-15-14-23(35-25)27-26(22-5-3-4-16-29-22)31-28(36)32(27)20-10-8-19(9-11-20)30-24(33)17-34-2/h3-16,26-27H,17H2,1-2H3,(H,30,33)(H,31,36). The number of hydrogen-bond donors (Lipinski definition) is 2. The molecule has 0 bridgehead atoms. The molecule has 188 valence electrons. The lowest BCUT2D eigenvalue weighted by atomic mass is 10.0. The van der Waals surface area contributed by atoms with Gasteiger partial charge in [0.05, 0.1) is 11.7 Å². The van der Waals surface area contributed by atoms with Gasteiger partial charge in [0.1, 0.15) is 18.4 Å². The number of rotatable bonds is 8. The van der Waals surface area contributed by atoms with E-state index in [0.29, 0.717) is 10.8 Å². The largest absolute Gasteiger partial charge is 0.452 e. The molecule has 0 spiro atoms. The van der Waals surface area contributed by atoms with Crippen molar-refractivity contribution in [1.29, 1.82) is 0 Å². The fourth-order valence-corrected chi connectivity index (χ4v) is 5.35. The van der Waals surface area contributed by atoms with E-state index in [0.717, 1.165) is 27.1 Å². The molecular formula is C28H26N4O3S2. The van der Waals surface area contributed by atoms with E-state index < -0.39 is 0 Å². The number of aryl methyl sites for hydroxylation is 1. The molecule has 4 aromatic rings. The van der Waals surface area contributed by atoms with Gasteiger partial charge in [-0.05, 0) is 79.8 Å². The van der Waals surface area contributed by atoms with E-state index >= 15 is 0 Å². The normalized spacial score (nSPS) is 17.0. The second kappa shape index (κ2) is 11.2. The lowest BCUT2D eigenvalue weighted by Crippen LogP contribution is -2.29. The summed E-state index contributed by atoms with van der Waals surface area (Å²) in [7, 11) is 1.49. The highest BCUT2D eigenvalue weighted by atomic mass is 32.2. The van der Waals surface area contributed by atoms with Crippen LogP contribution >= 0.6 is 24.0 Å². The fraction of sp³-hybridized carbons (Fsp3) is 0.179. The Hall–Kier alpha value is -3.66. The fourth-order valence-electron chi connectivity index (χ4n) is 4.23. The maximum absolute atomic E-state index is 11.9. The first kappa shape index (κ1) is 25.0. The average Bonchev–Trinajstić information content (AvgIpc) is 3.50. The number of pyridine rings is 1. The van der Waals surface area contributed by atoms with Crippen molar-refractivity contribution in [3.8, 4) is 0 Å². The van der Waals surface area contributed by atoms with Crippen LogP contribution in [0.3, 0.4) is 0 Å². The summed E-state index contributed by atoms with van der Waals surface area (Å²) < 4.78 is 11.3. The zero-order valence-electron chi connectivity index (χ0n) is 20.4. The van der Waals surface area contributed by atoms with E-state index in [2.05, 4.69) is 46.8 Å². The Morgan fingerprint density at radius 3 is 2.59 bits per heavy atom. The predicted octanol–water partition coefficient (Wildman–Crippen LogP) is 5.90. The van der Waals surface area contributed by atoms with Gasteiger partial charge in [-0.3, -0.25) is 9.78 Å². The van der Waals surface area contributed by atoms with Gasteiger partial charge < -0.3 is 24.7 Å². The molecule has 0 aliphatic carbocycles. The Morgan fingerprint density at radius 1 is 1.11 bits per heavy atom. The van der Waals surface area contributed by atoms with Crippen LogP contribution < -0.4 is 15.5 Å². The number of carbonyl (C=O) groups is 1. The van der Waals surface area contributed by atoms with Crippen molar-refractivity contribution in [2.24, 2.45) is 0 Å².